The number of para-hydroxylation sites is 1. The Morgan fingerprint density at radius 3 is 2.16 bits per heavy atom. The van der Waals surface area contributed by atoms with Crippen LogP contribution in [0.5, 0.6) is 0 Å². The summed E-state index contributed by atoms with van der Waals surface area (Å²) >= 11 is 6.26. The molecule has 0 bridgehead atoms. The highest BCUT2D eigenvalue weighted by Crippen LogP contribution is 2.49. The zero-order valence-electron chi connectivity index (χ0n) is 17.1. The van der Waals surface area contributed by atoms with Crippen molar-refractivity contribution in [2.75, 3.05) is 10.6 Å². The molecule has 3 atom stereocenters. The van der Waals surface area contributed by atoms with Gasteiger partial charge in [0.2, 0.25) is 5.91 Å². The van der Waals surface area contributed by atoms with Crippen LogP contribution in [0.25, 0.3) is 0 Å². The van der Waals surface area contributed by atoms with E-state index in [1.54, 1.807) is 0 Å². The molecule has 1 aliphatic rings. The van der Waals surface area contributed by atoms with Gasteiger partial charge in [-0.3, -0.25) is 4.79 Å². The van der Waals surface area contributed by atoms with E-state index in [1.165, 1.54) is 0 Å². The topological polar surface area (TPSA) is 70.2 Å². The molecule has 0 spiro atoms. The Bertz CT molecular complexity index is 1070. The second-order valence-corrected chi connectivity index (χ2v) is 8.17. The molecule has 1 aliphatic carbocycles. The smallest absolute Gasteiger partial charge is 0.323 e. The number of carbonyl (C=O) groups excluding carboxylic acids is 2. The quantitative estimate of drug-likeness (QED) is 0.448. The minimum atomic E-state index is -0.306. The number of halogens is 1. The predicted octanol–water partition coefficient (Wildman–Crippen LogP) is 5.96. The summed E-state index contributed by atoms with van der Waals surface area (Å²) < 4.78 is 0. The van der Waals surface area contributed by atoms with Gasteiger partial charge < -0.3 is 16.0 Å². The summed E-state index contributed by atoms with van der Waals surface area (Å²) in [6.45, 7) is 1.95. The van der Waals surface area contributed by atoms with Gasteiger partial charge in [0.1, 0.15) is 0 Å². The maximum atomic E-state index is 12.7. The molecule has 0 heterocycles. The number of benzene rings is 3. The molecular weight excluding hydrogens is 410 g/mol. The van der Waals surface area contributed by atoms with Crippen LogP contribution < -0.4 is 16.0 Å². The van der Waals surface area contributed by atoms with Crippen LogP contribution in [0.3, 0.4) is 0 Å². The van der Waals surface area contributed by atoms with Crippen LogP contribution in [0, 0.1) is 5.92 Å². The molecule has 0 radical (unpaired) electrons. The summed E-state index contributed by atoms with van der Waals surface area (Å²) in [6, 6.07) is 24.0. The fraction of sp³-hybridized carbons (Fsp3) is 0.200. The zero-order chi connectivity index (χ0) is 21.8. The average molecular weight is 434 g/mol. The first-order valence-electron chi connectivity index (χ1n) is 10.3. The molecule has 0 aliphatic heterocycles. The summed E-state index contributed by atoms with van der Waals surface area (Å²) in [5.41, 5.74) is 3.42. The van der Waals surface area contributed by atoms with Crippen molar-refractivity contribution in [2.24, 2.45) is 5.92 Å². The van der Waals surface area contributed by atoms with E-state index in [4.69, 9.17) is 11.6 Å². The lowest BCUT2D eigenvalue weighted by Gasteiger charge is -2.15. The Morgan fingerprint density at radius 2 is 1.48 bits per heavy atom. The van der Waals surface area contributed by atoms with Crippen LogP contribution in [0.1, 0.15) is 36.4 Å². The minimum Gasteiger partial charge on any atom is -0.349 e. The van der Waals surface area contributed by atoms with Crippen molar-refractivity contribution < 1.29 is 9.59 Å². The summed E-state index contributed by atoms with van der Waals surface area (Å²) in [5, 5.41) is 9.39. The van der Waals surface area contributed by atoms with E-state index < -0.39 is 0 Å². The number of rotatable bonds is 6. The number of hydrogen-bond acceptors (Lipinski definition) is 2. The Hall–Kier alpha value is -3.31. The molecule has 158 valence electrons. The summed E-state index contributed by atoms with van der Waals surface area (Å²) in [7, 11) is 0. The molecule has 0 saturated heterocycles. The molecule has 1 fully saturated rings. The van der Waals surface area contributed by atoms with E-state index in [0.29, 0.717) is 5.69 Å². The fourth-order valence-corrected chi connectivity index (χ4v) is 3.95. The van der Waals surface area contributed by atoms with E-state index in [9.17, 15) is 9.59 Å². The van der Waals surface area contributed by atoms with Crippen LogP contribution in [0.15, 0.2) is 78.9 Å². The van der Waals surface area contributed by atoms with Crippen LogP contribution in [-0.4, -0.2) is 11.9 Å². The van der Waals surface area contributed by atoms with E-state index in [2.05, 4.69) is 16.0 Å². The molecule has 3 amide bonds. The van der Waals surface area contributed by atoms with Crippen molar-refractivity contribution in [1.29, 1.82) is 0 Å². The Kier molecular flexibility index (Phi) is 6.23. The van der Waals surface area contributed by atoms with Gasteiger partial charge >= 0.3 is 6.03 Å². The van der Waals surface area contributed by atoms with E-state index in [0.717, 1.165) is 28.3 Å². The molecule has 1 saturated carbocycles. The largest absolute Gasteiger partial charge is 0.349 e. The van der Waals surface area contributed by atoms with Crippen LogP contribution in [0.4, 0.5) is 16.2 Å². The lowest BCUT2D eigenvalue weighted by Crippen LogP contribution is -2.28. The van der Waals surface area contributed by atoms with Gasteiger partial charge in [-0.2, -0.15) is 0 Å². The Morgan fingerprint density at radius 1 is 0.871 bits per heavy atom. The first-order chi connectivity index (χ1) is 15.0. The third kappa shape index (κ3) is 5.25. The normalized spacial score (nSPS) is 18.0. The molecule has 3 N–H and O–H groups in total. The first-order valence-corrected chi connectivity index (χ1v) is 10.7. The van der Waals surface area contributed by atoms with Crippen LogP contribution in [0.2, 0.25) is 5.02 Å². The standard InChI is InChI=1S/C25H24ClN3O2/c1-16(27-24(30)22-15-21(22)20-9-5-6-10-23(20)26)17-11-13-19(14-12-17)29-25(31)28-18-7-3-2-4-8-18/h2-14,16,21-22H,15H2,1H3,(H,27,30)(H2,28,29,31). The minimum absolute atomic E-state index is 0.0371. The van der Waals surface area contributed by atoms with Crippen LogP contribution in [-0.2, 0) is 4.79 Å². The summed E-state index contributed by atoms with van der Waals surface area (Å²) in [6.07, 6.45) is 0.821. The predicted molar refractivity (Wildman–Crippen MR) is 124 cm³/mol. The van der Waals surface area contributed by atoms with Gasteiger partial charge in [-0.15, -0.1) is 0 Å². The highest BCUT2D eigenvalue weighted by atomic mass is 35.5. The summed E-state index contributed by atoms with van der Waals surface area (Å²) in [4.78, 5) is 24.8. The van der Waals surface area contributed by atoms with E-state index in [1.807, 2.05) is 85.8 Å². The number of hydrogen-bond donors (Lipinski definition) is 3. The molecule has 3 aromatic carbocycles. The molecular formula is C25H24ClN3O2. The SMILES string of the molecule is CC(NC(=O)C1CC1c1ccccc1Cl)c1ccc(NC(=O)Nc2ccccc2)cc1. The Labute approximate surface area is 186 Å². The lowest BCUT2D eigenvalue weighted by molar-refractivity contribution is -0.123. The summed E-state index contributed by atoms with van der Waals surface area (Å²) in [5.74, 6) is 0.197. The third-order valence-electron chi connectivity index (χ3n) is 5.49. The molecule has 31 heavy (non-hydrogen) atoms. The number of nitrogens with one attached hydrogen (secondary N) is 3. The van der Waals surface area contributed by atoms with Gasteiger partial charge in [-0.05, 0) is 60.7 Å². The van der Waals surface area contributed by atoms with Gasteiger partial charge in [0, 0.05) is 22.3 Å². The van der Waals surface area contributed by atoms with Crippen molar-refractivity contribution in [3.8, 4) is 0 Å². The second-order valence-electron chi connectivity index (χ2n) is 7.77. The van der Waals surface area contributed by atoms with Gasteiger partial charge in [0.15, 0.2) is 0 Å². The average Bonchev–Trinajstić information content (AvgIpc) is 3.56. The van der Waals surface area contributed by atoms with Gasteiger partial charge in [0.25, 0.3) is 0 Å². The molecule has 4 rings (SSSR count). The lowest BCUT2D eigenvalue weighted by atomic mass is 10.1. The monoisotopic (exact) mass is 433 g/mol. The van der Waals surface area contributed by atoms with Crippen molar-refractivity contribution in [2.45, 2.75) is 25.3 Å². The second kappa shape index (κ2) is 9.23. The van der Waals surface area contributed by atoms with Crippen molar-refractivity contribution in [3.05, 3.63) is 95.0 Å². The maximum absolute atomic E-state index is 12.7. The number of urea groups is 1. The zero-order valence-corrected chi connectivity index (χ0v) is 17.9. The van der Waals surface area contributed by atoms with Gasteiger partial charge in [-0.1, -0.05) is 60.1 Å². The molecule has 3 aromatic rings. The number of anilines is 2. The van der Waals surface area contributed by atoms with E-state index in [-0.39, 0.29) is 29.8 Å². The Balaban J connectivity index is 1.29. The van der Waals surface area contributed by atoms with Gasteiger partial charge in [-0.25, -0.2) is 4.79 Å². The van der Waals surface area contributed by atoms with Crippen molar-refractivity contribution in [3.63, 3.8) is 0 Å². The highest BCUT2D eigenvalue weighted by Gasteiger charge is 2.45. The molecule has 5 nitrogen and oxygen atoms in total. The highest BCUT2D eigenvalue weighted by molar-refractivity contribution is 6.31. The van der Waals surface area contributed by atoms with Gasteiger partial charge in [0.05, 0.1) is 6.04 Å². The van der Waals surface area contributed by atoms with Crippen molar-refractivity contribution >= 4 is 34.9 Å². The first kappa shape index (κ1) is 20.9. The number of amides is 3. The maximum Gasteiger partial charge on any atom is 0.323 e. The van der Waals surface area contributed by atoms with Crippen LogP contribution >= 0.6 is 11.6 Å². The molecule has 3 unspecified atom stereocenters. The fourth-order valence-electron chi connectivity index (χ4n) is 3.68. The third-order valence-corrected chi connectivity index (χ3v) is 5.84. The van der Waals surface area contributed by atoms with E-state index >= 15 is 0 Å². The molecule has 6 heteroatoms. The molecule has 0 aromatic heterocycles. The number of carbonyl (C=O) groups is 2. The van der Waals surface area contributed by atoms with Crippen molar-refractivity contribution in [1.82, 2.24) is 5.32 Å².